The van der Waals surface area contributed by atoms with Gasteiger partial charge in [0, 0.05) is 13.2 Å². The van der Waals surface area contributed by atoms with Crippen LogP contribution < -0.4 is 5.32 Å². The van der Waals surface area contributed by atoms with E-state index in [4.69, 9.17) is 11.6 Å². The first-order valence-electron chi connectivity index (χ1n) is 3.60. The molecular formula is C8H9ClN2O2. The second kappa shape index (κ2) is 4.09. The van der Waals surface area contributed by atoms with Crippen molar-refractivity contribution in [2.75, 3.05) is 19.5 Å². The van der Waals surface area contributed by atoms with Crippen molar-refractivity contribution in [2.45, 2.75) is 0 Å². The standard InChI is InChI=1S/C8H9ClN2O2/c1-10-6-3-7(9)11-4-5(6)8(12)13-2/h3-4H,1-2H3,(H,10,11). The predicted octanol–water partition coefficient (Wildman–Crippen LogP) is 1.56. The molecule has 1 heterocycles. The minimum Gasteiger partial charge on any atom is -0.465 e. The summed E-state index contributed by atoms with van der Waals surface area (Å²) < 4.78 is 4.56. The highest BCUT2D eigenvalue weighted by atomic mass is 35.5. The Morgan fingerprint density at radius 1 is 1.69 bits per heavy atom. The molecule has 0 aliphatic heterocycles. The van der Waals surface area contributed by atoms with E-state index < -0.39 is 5.97 Å². The number of nitrogens with one attached hydrogen (secondary N) is 1. The zero-order chi connectivity index (χ0) is 9.84. The maximum atomic E-state index is 11.2. The van der Waals surface area contributed by atoms with Crippen molar-refractivity contribution in [1.82, 2.24) is 4.98 Å². The summed E-state index contributed by atoms with van der Waals surface area (Å²) in [6, 6.07) is 1.56. The fourth-order valence-corrected chi connectivity index (χ4v) is 1.07. The molecule has 1 rings (SSSR count). The highest BCUT2D eigenvalue weighted by molar-refractivity contribution is 6.29. The maximum Gasteiger partial charge on any atom is 0.341 e. The van der Waals surface area contributed by atoms with Gasteiger partial charge in [0.25, 0.3) is 0 Å². The van der Waals surface area contributed by atoms with Crippen LogP contribution in [-0.2, 0) is 4.74 Å². The maximum absolute atomic E-state index is 11.2. The second-order valence-electron chi connectivity index (χ2n) is 2.29. The third kappa shape index (κ3) is 2.09. The molecule has 0 aliphatic rings. The molecule has 0 bridgehead atoms. The van der Waals surface area contributed by atoms with Crippen LogP contribution in [0.25, 0.3) is 0 Å². The summed E-state index contributed by atoms with van der Waals surface area (Å²) in [7, 11) is 3.01. The predicted molar refractivity (Wildman–Crippen MR) is 50.1 cm³/mol. The lowest BCUT2D eigenvalue weighted by Gasteiger charge is -2.06. The number of nitrogens with zero attached hydrogens (tertiary/aromatic N) is 1. The van der Waals surface area contributed by atoms with Crippen molar-refractivity contribution in [2.24, 2.45) is 0 Å². The van der Waals surface area contributed by atoms with Gasteiger partial charge in [-0.05, 0) is 6.07 Å². The van der Waals surface area contributed by atoms with Gasteiger partial charge in [-0.25, -0.2) is 9.78 Å². The molecule has 1 aromatic heterocycles. The Labute approximate surface area is 80.9 Å². The molecule has 4 nitrogen and oxygen atoms in total. The Morgan fingerprint density at radius 3 is 2.92 bits per heavy atom. The number of esters is 1. The Hall–Kier alpha value is -1.29. The van der Waals surface area contributed by atoms with Gasteiger partial charge in [0.2, 0.25) is 0 Å². The molecular weight excluding hydrogens is 192 g/mol. The lowest BCUT2D eigenvalue weighted by atomic mass is 10.2. The van der Waals surface area contributed by atoms with Crippen LogP contribution in [0.2, 0.25) is 5.15 Å². The summed E-state index contributed by atoms with van der Waals surface area (Å²) in [4.78, 5) is 14.9. The Morgan fingerprint density at radius 2 is 2.38 bits per heavy atom. The summed E-state index contributed by atoms with van der Waals surface area (Å²) in [5, 5.41) is 3.16. The van der Waals surface area contributed by atoms with E-state index in [1.165, 1.54) is 13.3 Å². The largest absolute Gasteiger partial charge is 0.465 e. The van der Waals surface area contributed by atoms with Gasteiger partial charge in [0.05, 0.1) is 12.8 Å². The van der Waals surface area contributed by atoms with Gasteiger partial charge in [0.15, 0.2) is 0 Å². The van der Waals surface area contributed by atoms with Crippen LogP contribution in [-0.4, -0.2) is 25.1 Å². The number of hydrogen-bond acceptors (Lipinski definition) is 4. The molecule has 0 aliphatic carbocycles. The van der Waals surface area contributed by atoms with Crippen molar-refractivity contribution in [1.29, 1.82) is 0 Å². The molecule has 70 valence electrons. The Bertz CT molecular complexity index is 328. The molecule has 0 aromatic carbocycles. The van der Waals surface area contributed by atoms with Crippen LogP contribution in [0, 0.1) is 0 Å². The fraction of sp³-hybridized carbons (Fsp3) is 0.250. The summed E-state index contributed by atoms with van der Waals surface area (Å²) in [6.07, 6.45) is 1.38. The fourth-order valence-electron chi connectivity index (χ4n) is 0.909. The normalized spacial score (nSPS) is 9.46. The van der Waals surface area contributed by atoms with Gasteiger partial charge >= 0.3 is 5.97 Å². The second-order valence-corrected chi connectivity index (χ2v) is 2.68. The van der Waals surface area contributed by atoms with Crippen molar-refractivity contribution < 1.29 is 9.53 Å². The lowest BCUT2D eigenvalue weighted by molar-refractivity contribution is 0.0601. The van der Waals surface area contributed by atoms with Crippen LogP contribution in [0.3, 0.4) is 0 Å². The van der Waals surface area contributed by atoms with E-state index in [0.717, 1.165) is 0 Å². The van der Waals surface area contributed by atoms with E-state index in [9.17, 15) is 4.79 Å². The number of pyridine rings is 1. The number of methoxy groups -OCH3 is 1. The van der Waals surface area contributed by atoms with Gasteiger partial charge in [0.1, 0.15) is 10.7 Å². The highest BCUT2D eigenvalue weighted by Crippen LogP contribution is 2.18. The minimum atomic E-state index is -0.437. The summed E-state index contributed by atoms with van der Waals surface area (Å²) in [5.74, 6) is -0.437. The van der Waals surface area contributed by atoms with Crippen LogP contribution >= 0.6 is 11.6 Å². The molecule has 5 heteroatoms. The van der Waals surface area contributed by atoms with Crippen LogP contribution in [0.5, 0.6) is 0 Å². The van der Waals surface area contributed by atoms with Crippen LogP contribution in [0.4, 0.5) is 5.69 Å². The topological polar surface area (TPSA) is 51.2 Å². The molecule has 1 aromatic rings. The first-order chi connectivity index (χ1) is 6.19. The first kappa shape index (κ1) is 9.80. The SMILES string of the molecule is CNc1cc(Cl)ncc1C(=O)OC. The van der Waals surface area contributed by atoms with E-state index >= 15 is 0 Å². The van der Waals surface area contributed by atoms with Crippen molar-refractivity contribution in [3.63, 3.8) is 0 Å². The quantitative estimate of drug-likeness (QED) is 0.582. The molecule has 0 fully saturated rings. The average Bonchev–Trinajstić information content (AvgIpc) is 2.16. The average molecular weight is 201 g/mol. The molecule has 13 heavy (non-hydrogen) atoms. The Balaban J connectivity index is 3.13. The molecule has 0 unspecified atom stereocenters. The number of aromatic nitrogens is 1. The molecule has 1 N–H and O–H groups in total. The van der Waals surface area contributed by atoms with Gasteiger partial charge in [-0.15, -0.1) is 0 Å². The number of hydrogen-bond donors (Lipinski definition) is 1. The summed E-state index contributed by atoms with van der Waals surface area (Å²) in [5.41, 5.74) is 0.973. The van der Waals surface area contributed by atoms with E-state index in [0.29, 0.717) is 16.4 Å². The van der Waals surface area contributed by atoms with Gasteiger partial charge in [-0.1, -0.05) is 11.6 Å². The van der Waals surface area contributed by atoms with E-state index in [1.54, 1.807) is 13.1 Å². The number of halogens is 1. The highest BCUT2D eigenvalue weighted by Gasteiger charge is 2.11. The third-order valence-corrected chi connectivity index (χ3v) is 1.75. The van der Waals surface area contributed by atoms with Crippen molar-refractivity contribution in [3.05, 3.63) is 23.0 Å². The van der Waals surface area contributed by atoms with Crippen molar-refractivity contribution >= 4 is 23.3 Å². The molecule has 0 atom stereocenters. The number of carbonyl (C=O) groups is 1. The minimum absolute atomic E-state index is 0.331. The van der Waals surface area contributed by atoms with E-state index in [1.807, 2.05) is 0 Å². The van der Waals surface area contributed by atoms with Gasteiger partial charge in [-0.3, -0.25) is 0 Å². The Kier molecular flexibility index (Phi) is 3.08. The summed E-state index contributed by atoms with van der Waals surface area (Å²) in [6.45, 7) is 0. The number of rotatable bonds is 2. The van der Waals surface area contributed by atoms with Crippen LogP contribution in [0.15, 0.2) is 12.3 Å². The molecule has 0 saturated heterocycles. The smallest absolute Gasteiger partial charge is 0.341 e. The van der Waals surface area contributed by atoms with Gasteiger partial charge < -0.3 is 10.1 Å². The van der Waals surface area contributed by atoms with Crippen molar-refractivity contribution in [3.8, 4) is 0 Å². The summed E-state index contributed by atoms with van der Waals surface area (Å²) >= 11 is 5.64. The number of carbonyl (C=O) groups excluding carboxylic acids is 1. The zero-order valence-electron chi connectivity index (χ0n) is 7.30. The van der Waals surface area contributed by atoms with Crippen LogP contribution in [0.1, 0.15) is 10.4 Å². The molecule has 0 amide bonds. The number of anilines is 1. The van der Waals surface area contributed by atoms with E-state index in [-0.39, 0.29) is 0 Å². The monoisotopic (exact) mass is 200 g/mol. The first-order valence-corrected chi connectivity index (χ1v) is 3.98. The number of ether oxygens (including phenoxy) is 1. The third-order valence-electron chi connectivity index (χ3n) is 1.55. The molecule has 0 spiro atoms. The molecule has 0 radical (unpaired) electrons. The van der Waals surface area contributed by atoms with E-state index in [2.05, 4.69) is 15.0 Å². The lowest BCUT2D eigenvalue weighted by Crippen LogP contribution is -2.06. The molecule has 0 saturated carbocycles. The van der Waals surface area contributed by atoms with Gasteiger partial charge in [-0.2, -0.15) is 0 Å². The zero-order valence-corrected chi connectivity index (χ0v) is 8.05.